The summed E-state index contributed by atoms with van der Waals surface area (Å²) < 4.78 is 5.28. The van der Waals surface area contributed by atoms with Crippen LogP contribution in [0, 0.1) is 5.92 Å². The van der Waals surface area contributed by atoms with Gasteiger partial charge in [0.2, 0.25) is 5.89 Å². The molecule has 0 aromatic carbocycles. The zero-order valence-electron chi connectivity index (χ0n) is 11.7. The highest BCUT2D eigenvalue weighted by molar-refractivity contribution is 4.87. The molecular weight excluding hydrogens is 214 g/mol. The van der Waals surface area contributed by atoms with Gasteiger partial charge in [0, 0.05) is 12.5 Å². The van der Waals surface area contributed by atoms with Crippen molar-refractivity contribution in [3.8, 4) is 0 Å². The summed E-state index contributed by atoms with van der Waals surface area (Å²) in [6.07, 6.45) is 1.95. The number of hydrogen-bond acceptors (Lipinski definition) is 4. The standard InChI is InChI=1S/C13H25N3O/c1-6-8-12-14-13(17-15-12)9-16(7-2)11(5)10(3)4/h10-11H,6-9H2,1-5H3/t11-/m0/s1. The van der Waals surface area contributed by atoms with Crippen molar-refractivity contribution in [2.24, 2.45) is 5.92 Å². The van der Waals surface area contributed by atoms with E-state index in [1.807, 2.05) is 0 Å². The maximum atomic E-state index is 5.28. The van der Waals surface area contributed by atoms with Crippen LogP contribution in [0.15, 0.2) is 4.52 Å². The van der Waals surface area contributed by atoms with E-state index < -0.39 is 0 Å². The Balaban J connectivity index is 2.60. The van der Waals surface area contributed by atoms with E-state index in [1.54, 1.807) is 0 Å². The third kappa shape index (κ3) is 4.11. The summed E-state index contributed by atoms with van der Waals surface area (Å²) in [4.78, 5) is 6.78. The van der Waals surface area contributed by atoms with Gasteiger partial charge in [-0.15, -0.1) is 0 Å². The van der Waals surface area contributed by atoms with Crippen molar-refractivity contribution in [3.05, 3.63) is 11.7 Å². The molecule has 4 heteroatoms. The van der Waals surface area contributed by atoms with E-state index in [1.165, 1.54) is 0 Å². The lowest BCUT2D eigenvalue weighted by Crippen LogP contribution is -2.36. The lowest BCUT2D eigenvalue weighted by molar-refractivity contribution is 0.149. The average molecular weight is 239 g/mol. The Bertz CT molecular complexity index is 322. The molecule has 0 aliphatic carbocycles. The lowest BCUT2D eigenvalue weighted by Gasteiger charge is -2.29. The second-order valence-electron chi connectivity index (χ2n) is 4.90. The van der Waals surface area contributed by atoms with Crippen LogP contribution >= 0.6 is 0 Å². The summed E-state index contributed by atoms with van der Waals surface area (Å²) in [5, 5.41) is 3.98. The van der Waals surface area contributed by atoms with Gasteiger partial charge in [0.25, 0.3) is 0 Å². The van der Waals surface area contributed by atoms with Crippen molar-refractivity contribution in [2.45, 2.75) is 60.0 Å². The Morgan fingerprint density at radius 2 is 1.94 bits per heavy atom. The third-order valence-electron chi connectivity index (χ3n) is 3.27. The quantitative estimate of drug-likeness (QED) is 0.733. The largest absolute Gasteiger partial charge is 0.338 e. The van der Waals surface area contributed by atoms with Crippen LogP contribution < -0.4 is 0 Å². The Hall–Kier alpha value is -0.900. The maximum absolute atomic E-state index is 5.28. The van der Waals surface area contributed by atoms with E-state index in [0.717, 1.165) is 37.6 Å². The van der Waals surface area contributed by atoms with Crippen molar-refractivity contribution in [1.82, 2.24) is 15.0 Å². The molecule has 0 bridgehead atoms. The van der Waals surface area contributed by atoms with Crippen LogP contribution in [0.3, 0.4) is 0 Å². The molecule has 0 saturated carbocycles. The minimum Gasteiger partial charge on any atom is -0.338 e. The molecule has 1 aromatic rings. The molecule has 0 fully saturated rings. The summed E-state index contributed by atoms with van der Waals surface area (Å²) >= 11 is 0. The second kappa shape index (κ2) is 6.74. The average Bonchev–Trinajstić information content (AvgIpc) is 2.73. The first-order valence-corrected chi connectivity index (χ1v) is 6.63. The van der Waals surface area contributed by atoms with Crippen molar-refractivity contribution < 1.29 is 4.52 Å². The van der Waals surface area contributed by atoms with Crippen molar-refractivity contribution in [2.75, 3.05) is 6.54 Å². The number of aromatic nitrogens is 2. The van der Waals surface area contributed by atoms with Crippen LogP contribution in [0.5, 0.6) is 0 Å². The van der Waals surface area contributed by atoms with E-state index in [9.17, 15) is 0 Å². The van der Waals surface area contributed by atoms with Gasteiger partial charge in [-0.05, 0) is 25.8 Å². The molecular formula is C13H25N3O. The molecule has 0 amide bonds. The monoisotopic (exact) mass is 239 g/mol. The molecule has 98 valence electrons. The number of nitrogens with zero attached hydrogens (tertiary/aromatic N) is 3. The molecule has 1 aromatic heterocycles. The van der Waals surface area contributed by atoms with Crippen LogP contribution in [0.25, 0.3) is 0 Å². The van der Waals surface area contributed by atoms with Gasteiger partial charge in [-0.1, -0.05) is 32.9 Å². The molecule has 4 nitrogen and oxygen atoms in total. The Morgan fingerprint density at radius 3 is 2.47 bits per heavy atom. The van der Waals surface area contributed by atoms with Crippen molar-refractivity contribution in [3.63, 3.8) is 0 Å². The molecule has 1 heterocycles. The Kier molecular flexibility index (Phi) is 5.62. The van der Waals surface area contributed by atoms with Crippen molar-refractivity contribution >= 4 is 0 Å². The van der Waals surface area contributed by atoms with Gasteiger partial charge in [-0.25, -0.2) is 0 Å². The van der Waals surface area contributed by atoms with Gasteiger partial charge in [-0.2, -0.15) is 4.98 Å². The number of hydrogen-bond donors (Lipinski definition) is 0. The Labute approximate surface area is 104 Å². The predicted molar refractivity (Wildman–Crippen MR) is 68.7 cm³/mol. The van der Waals surface area contributed by atoms with E-state index in [-0.39, 0.29) is 0 Å². The van der Waals surface area contributed by atoms with Crippen molar-refractivity contribution in [1.29, 1.82) is 0 Å². The van der Waals surface area contributed by atoms with E-state index in [2.05, 4.69) is 49.7 Å². The topological polar surface area (TPSA) is 42.2 Å². The van der Waals surface area contributed by atoms with Gasteiger partial charge in [-0.3, -0.25) is 4.90 Å². The molecule has 0 radical (unpaired) electrons. The molecule has 0 aliphatic rings. The van der Waals surface area contributed by atoms with Crippen LogP contribution in [-0.2, 0) is 13.0 Å². The molecule has 0 spiro atoms. The molecule has 0 unspecified atom stereocenters. The lowest BCUT2D eigenvalue weighted by atomic mass is 10.0. The molecule has 0 aliphatic heterocycles. The number of aryl methyl sites for hydroxylation is 1. The zero-order chi connectivity index (χ0) is 12.8. The van der Waals surface area contributed by atoms with Gasteiger partial charge in [0.15, 0.2) is 5.82 Å². The minimum absolute atomic E-state index is 0.529. The fourth-order valence-corrected chi connectivity index (χ4v) is 1.82. The van der Waals surface area contributed by atoms with Gasteiger partial charge < -0.3 is 4.52 Å². The molecule has 1 atom stereocenters. The Morgan fingerprint density at radius 1 is 1.24 bits per heavy atom. The van der Waals surface area contributed by atoms with Crippen LogP contribution in [0.4, 0.5) is 0 Å². The first-order chi connectivity index (χ1) is 8.08. The van der Waals surface area contributed by atoms with Crippen LogP contribution in [0.1, 0.15) is 52.8 Å². The highest BCUT2D eigenvalue weighted by atomic mass is 16.5. The van der Waals surface area contributed by atoms with E-state index >= 15 is 0 Å². The first-order valence-electron chi connectivity index (χ1n) is 6.63. The van der Waals surface area contributed by atoms with E-state index in [4.69, 9.17) is 4.52 Å². The van der Waals surface area contributed by atoms with Gasteiger partial charge in [0.05, 0.1) is 6.54 Å². The fraction of sp³-hybridized carbons (Fsp3) is 0.846. The minimum atomic E-state index is 0.529. The maximum Gasteiger partial charge on any atom is 0.240 e. The van der Waals surface area contributed by atoms with Gasteiger partial charge >= 0.3 is 0 Å². The van der Waals surface area contributed by atoms with Crippen LogP contribution in [-0.4, -0.2) is 27.6 Å². The summed E-state index contributed by atoms with van der Waals surface area (Å²) in [5.41, 5.74) is 0. The highest BCUT2D eigenvalue weighted by Gasteiger charge is 2.18. The number of rotatable bonds is 7. The summed E-state index contributed by atoms with van der Waals surface area (Å²) in [5.74, 6) is 2.20. The SMILES string of the molecule is CCCc1noc(CN(CC)[C@@H](C)C(C)C)n1. The normalized spacial score (nSPS) is 13.6. The predicted octanol–water partition coefficient (Wildman–Crippen LogP) is 2.89. The third-order valence-corrected chi connectivity index (χ3v) is 3.27. The van der Waals surface area contributed by atoms with E-state index in [0.29, 0.717) is 12.0 Å². The van der Waals surface area contributed by atoms with Crippen LogP contribution in [0.2, 0.25) is 0 Å². The molecule has 17 heavy (non-hydrogen) atoms. The second-order valence-corrected chi connectivity index (χ2v) is 4.90. The summed E-state index contributed by atoms with van der Waals surface area (Å²) in [7, 11) is 0. The molecule has 1 rings (SSSR count). The van der Waals surface area contributed by atoms with Gasteiger partial charge in [0.1, 0.15) is 0 Å². The molecule has 0 N–H and O–H groups in total. The summed E-state index contributed by atoms with van der Waals surface area (Å²) in [6.45, 7) is 12.8. The fourth-order valence-electron chi connectivity index (χ4n) is 1.82. The molecule has 0 saturated heterocycles. The first kappa shape index (κ1) is 14.2. The zero-order valence-corrected chi connectivity index (χ0v) is 11.7. The smallest absolute Gasteiger partial charge is 0.240 e. The highest BCUT2D eigenvalue weighted by Crippen LogP contribution is 2.13. The summed E-state index contributed by atoms with van der Waals surface area (Å²) in [6, 6.07) is 0.529.